The lowest BCUT2D eigenvalue weighted by Gasteiger charge is -2.28. The van der Waals surface area contributed by atoms with E-state index in [1.807, 2.05) is 6.07 Å². The van der Waals surface area contributed by atoms with Gasteiger partial charge in [0, 0.05) is 0 Å². The van der Waals surface area contributed by atoms with Gasteiger partial charge in [-0.25, -0.2) is 0 Å². The minimum atomic E-state index is 0.110. The third-order valence-corrected chi connectivity index (χ3v) is 5.12. The zero-order valence-corrected chi connectivity index (χ0v) is 17.2. The van der Waals surface area contributed by atoms with Crippen molar-refractivity contribution < 1.29 is 9.47 Å². The Kier molecular flexibility index (Phi) is 6.12. The summed E-state index contributed by atoms with van der Waals surface area (Å²) in [4.78, 5) is 2.19. The molecule has 23 heavy (non-hydrogen) atoms. The van der Waals surface area contributed by atoms with Crippen LogP contribution in [-0.4, -0.2) is 33.2 Å². The Morgan fingerprint density at radius 1 is 0.913 bits per heavy atom. The normalized spacial score (nSPS) is 12.3. The molecule has 0 N–H and O–H groups in total. The SMILES string of the molecule is COc1cc([C@@H](c2cc(OC)c(Br)cc2C)N(C)C)ccc1Br. The molecule has 0 spiro atoms. The molecule has 0 fully saturated rings. The lowest BCUT2D eigenvalue weighted by Crippen LogP contribution is -2.22. The Hall–Kier alpha value is -1.04. The molecule has 0 heterocycles. The number of halogens is 2. The highest BCUT2D eigenvalue weighted by molar-refractivity contribution is 9.10. The fourth-order valence-corrected chi connectivity index (χ4v) is 3.75. The van der Waals surface area contributed by atoms with E-state index in [9.17, 15) is 0 Å². The van der Waals surface area contributed by atoms with Crippen LogP contribution < -0.4 is 9.47 Å². The van der Waals surface area contributed by atoms with Crippen LogP contribution in [-0.2, 0) is 0 Å². The lowest BCUT2D eigenvalue weighted by atomic mass is 9.93. The summed E-state index contributed by atoms with van der Waals surface area (Å²) >= 11 is 7.07. The summed E-state index contributed by atoms with van der Waals surface area (Å²) in [5.74, 6) is 1.66. The van der Waals surface area contributed by atoms with E-state index in [2.05, 4.69) is 82.0 Å². The molecule has 0 bridgehead atoms. The number of hydrogen-bond donors (Lipinski definition) is 0. The van der Waals surface area contributed by atoms with E-state index in [-0.39, 0.29) is 6.04 Å². The monoisotopic (exact) mass is 441 g/mol. The zero-order valence-electron chi connectivity index (χ0n) is 14.0. The summed E-state index contributed by atoms with van der Waals surface area (Å²) in [6.07, 6.45) is 0. The standard InChI is InChI=1S/C18H21Br2NO2/c1-11-8-15(20)17(23-5)10-13(11)18(21(2)3)12-6-7-14(19)16(9-12)22-4/h6-10,18H,1-5H3/t18-/m0/s1. The number of benzene rings is 2. The molecule has 0 amide bonds. The zero-order chi connectivity index (χ0) is 17.1. The van der Waals surface area contributed by atoms with E-state index < -0.39 is 0 Å². The van der Waals surface area contributed by atoms with E-state index in [1.54, 1.807) is 14.2 Å². The predicted molar refractivity (Wildman–Crippen MR) is 102 cm³/mol. The van der Waals surface area contributed by atoms with Crippen molar-refractivity contribution in [3.63, 3.8) is 0 Å². The van der Waals surface area contributed by atoms with Crippen LogP contribution in [0.1, 0.15) is 22.7 Å². The maximum absolute atomic E-state index is 5.47. The first-order valence-electron chi connectivity index (χ1n) is 7.23. The molecule has 0 aliphatic rings. The number of ether oxygens (including phenoxy) is 2. The van der Waals surface area contributed by atoms with Crippen molar-refractivity contribution in [1.82, 2.24) is 4.90 Å². The average Bonchev–Trinajstić information content (AvgIpc) is 2.50. The number of nitrogens with zero attached hydrogens (tertiary/aromatic N) is 1. The molecular weight excluding hydrogens is 422 g/mol. The van der Waals surface area contributed by atoms with Gasteiger partial charge in [-0.2, -0.15) is 0 Å². The van der Waals surface area contributed by atoms with Crippen molar-refractivity contribution in [2.24, 2.45) is 0 Å². The molecular formula is C18H21Br2NO2. The Morgan fingerprint density at radius 3 is 2.09 bits per heavy atom. The molecule has 0 aliphatic carbocycles. The molecule has 2 aromatic carbocycles. The fraction of sp³-hybridized carbons (Fsp3) is 0.333. The van der Waals surface area contributed by atoms with Crippen LogP contribution in [0.3, 0.4) is 0 Å². The molecule has 0 unspecified atom stereocenters. The first-order valence-corrected chi connectivity index (χ1v) is 8.81. The van der Waals surface area contributed by atoms with Gasteiger partial charge in [-0.05, 0) is 93.8 Å². The topological polar surface area (TPSA) is 21.7 Å². The van der Waals surface area contributed by atoms with Gasteiger partial charge in [0.15, 0.2) is 0 Å². The first-order chi connectivity index (χ1) is 10.9. The van der Waals surface area contributed by atoms with Crippen molar-refractivity contribution in [3.05, 3.63) is 56.0 Å². The number of aryl methyl sites for hydroxylation is 1. The highest BCUT2D eigenvalue weighted by atomic mass is 79.9. The van der Waals surface area contributed by atoms with Crippen LogP contribution in [0.5, 0.6) is 11.5 Å². The van der Waals surface area contributed by atoms with Crippen molar-refractivity contribution in [2.45, 2.75) is 13.0 Å². The minimum absolute atomic E-state index is 0.110. The van der Waals surface area contributed by atoms with Gasteiger partial charge in [-0.15, -0.1) is 0 Å². The van der Waals surface area contributed by atoms with Crippen molar-refractivity contribution in [2.75, 3.05) is 28.3 Å². The summed E-state index contributed by atoms with van der Waals surface area (Å²) in [5, 5.41) is 0. The second-order valence-corrected chi connectivity index (χ2v) is 7.31. The van der Waals surface area contributed by atoms with Crippen LogP contribution in [0.4, 0.5) is 0 Å². The van der Waals surface area contributed by atoms with Gasteiger partial charge in [-0.1, -0.05) is 6.07 Å². The van der Waals surface area contributed by atoms with Crippen LogP contribution in [0, 0.1) is 6.92 Å². The summed E-state index contributed by atoms with van der Waals surface area (Å²) in [7, 11) is 7.52. The maximum atomic E-state index is 5.47. The number of methoxy groups -OCH3 is 2. The maximum Gasteiger partial charge on any atom is 0.133 e. The van der Waals surface area contributed by atoms with E-state index in [1.165, 1.54) is 16.7 Å². The molecule has 0 radical (unpaired) electrons. The summed E-state index contributed by atoms with van der Waals surface area (Å²) in [5.41, 5.74) is 3.58. The van der Waals surface area contributed by atoms with Crippen molar-refractivity contribution in [1.29, 1.82) is 0 Å². The van der Waals surface area contributed by atoms with E-state index in [0.717, 1.165) is 20.4 Å². The van der Waals surface area contributed by atoms with Gasteiger partial charge < -0.3 is 9.47 Å². The lowest BCUT2D eigenvalue weighted by molar-refractivity contribution is 0.337. The Morgan fingerprint density at radius 2 is 1.52 bits per heavy atom. The highest BCUT2D eigenvalue weighted by Crippen LogP contribution is 2.37. The predicted octanol–water partition coefficient (Wildman–Crippen LogP) is 5.19. The largest absolute Gasteiger partial charge is 0.496 e. The third-order valence-electron chi connectivity index (χ3n) is 3.84. The molecule has 0 saturated carbocycles. The fourth-order valence-electron chi connectivity index (χ4n) is 2.72. The van der Waals surface area contributed by atoms with Crippen molar-refractivity contribution >= 4 is 31.9 Å². The Labute approximate surface area is 154 Å². The van der Waals surface area contributed by atoms with Gasteiger partial charge >= 0.3 is 0 Å². The Balaban J connectivity index is 2.60. The molecule has 124 valence electrons. The Bertz CT molecular complexity index is 702. The smallest absolute Gasteiger partial charge is 0.133 e. The van der Waals surface area contributed by atoms with E-state index >= 15 is 0 Å². The molecule has 1 atom stereocenters. The summed E-state index contributed by atoms with van der Waals surface area (Å²) in [6.45, 7) is 2.12. The molecule has 2 rings (SSSR count). The minimum Gasteiger partial charge on any atom is -0.496 e. The van der Waals surface area contributed by atoms with Crippen LogP contribution in [0.25, 0.3) is 0 Å². The molecule has 0 aliphatic heterocycles. The third kappa shape index (κ3) is 3.90. The first kappa shape index (κ1) is 18.3. The summed E-state index contributed by atoms with van der Waals surface area (Å²) in [6, 6.07) is 10.5. The quantitative estimate of drug-likeness (QED) is 0.636. The van der Waals surface area contributed by atoms with E-state index in [4.69, 9.17) is 9.47 Å². The molecule has 0 aromatic heterocycles. The molecule has 3 nitrogen and oxygen atoms in total. The van der Waals surface area contributed by atoms with Gasteiger partial charge in [-0.3, -0.25) is 4.90 Å². The van der Waals surface area contributed by atoms with Gasteiger partial charge in [0.1, 0.15) is 11.5 Å². The van der Waals surface area contributed by atoms with Crippen LogP contribution in [0.2, 0.25) is 0 Å². The van der Waals surface area contributed by atoms with Crippen molar-refractivity contribution in [3.8, 4) is 11.5 Å². The highest BCUT2D eigenvalue weighted by Gasteiger charge is 2.21. The van der Waals surface area contributed by atoms with E-state index in [0.29, 0.717) is 0 Å². The molecule has 5 heteroatoms. The summed E-state index contributed by atoms with van der Waals surface area (Å²) < 4.78 is 12.8. The van der Waals surface area contributed by atoms with Gasteiger partial charge in [0.05, 0.1) is 29.2 Å². The second kappa shape index (κ2) is 7.69. The molecule has 2 aromatic rings. The van der Waals surface area contributed by atoms with Crippen LogP contribution >= 0.6 is 31.9 Å². The van der Waals surface area contributed by atoms with Gasteiger partial charge in [0.25, 0.3) is 0 Å². The average molecular weight is 443 g/mol. The van der Waals surface area contributed by atoms with Crippen LogP contribution in [0.15, 0.2) is 39.3 Å². The number of hydrogen-bond acceptors (Lipinski definition) is 3. The van der Waals surface area contributed by atoms with Gasteiger partial charge in [0.2, 0.25) is 0 Å². The second-order valence-electron chi connectivity index (χ2n) is 5.60. The molecule has 0 saturated heterocycles. The number of rotatable bonds is 5.